The van der Waals surface area contributed by atoms with E-state index in [-0.39, 0.29) is 18.1 Å². The monoisotopic (exact) mass is 412 g/mol. The predicted molar refractivity (Wildman–Crippen MR) is 106 cm³/mol. The van der Waals surface area contributed by atoms with E-state index >= 15 is 0 Å². The zero-order chi connectivity index (χ0) is 20.4. The molecule has 0 fully saturated rings. The van der Waals surface area contributed by atoms with Crippen molar-refractivity contribution < 1.29 is 23.5 Å². The van der Waals surface area contributed by atoms with E-state index in [1.165, 1.54) is 30.3 Å². The molecule has 1 aliphatic heterocycles. The van der Waals surface area contributed by atoms with Crippen LogP contribution in [0.5, 0.6) is 17.2 Å². The van der Waals surface area contributed by atoms with Gasteiger partial charge in [0.1, 0.15) is 17.3 Å². The average molecular weight is 413 g/mol. The van der Waals surface area contributed by atoms with Crippen LogP contribution in [-0.4, -0.2) is 18.4 Å². The van der Waals surface area contributed by atoms with Crippen LogP contribution in [0.4, 0.5) is 15.8 Å². The van der Waals surface area contributed by atoms with Gasteiger partial charge in [0, 0.05) is 10.7 Å². The molecule has 2 amide bonds. The number of halogens is 2. The second-order valence-corrected chi connectivity index (χ2v) is 6.63. The van der Waals surface area contributed by atoms with Crippen molar-refractivity contribution in [1.29, 1.82) is 0 Å². The van der Waals surface area contributed by atoms with Crippen LogP contribution in [-0.2, 0) is 4.79 Å². The van der Waals surface area contributed by atoms with Gasteiger partial charge in [-0.1, -0.05) is 11.6 Å². The summed E-state index contributed by atoms with van der Waals surface area (Å²) >= 11 is 5.97. The number of ether oxygens (including phenoxy) is 2. The molecule has 0 saturated heterocycles. The van der Waals surface area contributed by atoms with Crippen molar-refractivity contribution in [1.82, 2.24) is 0 Å². The van der Waals surface area contributed by atoms with E-state index in [0.717, 1.165) is 0 Å². The van der Waals surface area contributed by atoms with Crippen LogP contribution in [0.2, 0.25) is 5.02 Å². The van der Waals surface area contributed by atoms with Crippen molar-refractivity contribution in [2.24, 2.45) is 0 Å². The Morgan fingerprint density at radius 2 is 1.83 bits per heavy atom. The molecular formula is C21H14ClFN2O4. The molecule has 0 saturated carbocycles. The van der Waals surface area contributed by atoms with Gasteiger partial charge >= 0.3 is 0 Å². The van der Waals surface area contributed by atoms with Gasteiger partial charge in [0.15, 0.2) is 12.4 Å². The number of carbonyl (C=O) groups excluding carboxylic acids is 2. The van der Waals surface area contributed by atoms with E-state index in [4.69, 9.17) is 21.1 Å². The number of carbonyl (C=O) groups is 2. The molecule has 2 N–H and O–H groups in total. The number of anilines is 2. The third-order valence-electron chi connectivity index (χ3n) is 4.10. The lowest BCUT2D eigenvalue weighted by Crippen LogP contribution is -2.20. The van der Waals surface area contributed by atoms with E-state index in [0.29, 0.717) is 33.6 Å². The predicted octanol–water partition coefficient (Wildman–Crippen LogP) is 4.85. The minimum atomic E-state index is -0.431. The first-order valence-corrected chi connectivity index (χ1v) is 8.97. The highest BCUT2D eigenvalue weighted by atomic mass is 35.5. The summed E-state index contributed by atoms with van der Waals surface area (Å²) in [6, 6.07) is 15.0. The molecule has 3 aromatic rings. The summed E-state index contributed by atoms with van der Waals surface area (Å²) in [7, 11) is 0. The molecule has 0 unspecified atom stereocenters. The lowest BCUT2D eigenvalue weighted by atomic mass is 10.1. The first kappa shape index (κ1) is 18.8. The van der Waals surface area contributed by atoms with Gasteiger partial charge in [0.05, 0.1) is 11.3 Å². The number of fused-ring (bicyclic) bond motifs is 2. The molecule has 0 aromatic heterocycles. The van der Waals surface area contributed by atoms with Gasteiger partial charge < -0.3 is 20.1 Å². The molecule has 1 aliphatic rings. The molecule has 3 aromatic carbocycles. The van der Waals surface area contributed by atoms with Crippen LogP contribution in [0.1, 0.15) is 10.4 Å². The Labute approximate surface area is 170 Å². The average Bonchev–Trinajstić information content (AvgIpc) is 2.83. The van der Waals surface area contributed by atoms with Crippen LogP contribution < -0.4 is 20.1 Å². The Hall–Kier alpha value is -3.58. The fourth-order valence-electron chi connectivity index (χ4n) is 2.75. The van der Waals surface area contributed by atoms with Gasteiger partial charge in [-0.3, -0.25) is 9.59 Å². The maximum absolute atomic E-state index is 12.9. The Morgan fingerprint density at radius 1 is 1.07 bits per heavy atom. The molecule has 146 valence electrons. The Morgan fingerprint density at radius 3 is 2.62 bits per heavy atom. The molecule has 0 aliphatic carbocycles. The smallest absolute Gasteiger partial charge is 0.262 e. The molecule has 4 rings (SSSR count). The van der Waals surface area contributed by atoms with Gasteiger partial charge in [-0.25, -0.2) is 4.39 Å². The van der Waals surface area contributed by atoms with Crippen LogP contribution in [0.3, 0.4) is 0 Å². The lowest BCUT2D eigenvalue weighted by Gasteiger charge is -2.10. The van der Waals surface area contributed by atoms with Crippen LogP contribution in [0.25, 0.3) is 0 Å². The normalized spacial score (nSPS) is 12.0. The second kappa shape index (κ2) is 7.81. The van der Waals surface area contributed by atoms with Gasteiger partial charge in [-0.15, -0.1) is 0 Å². The van der Waals surface area contributed by atoms with E-state index in [1.807, 2.05) is 0 Å². The van der Waals surface area contributed by atoms with Crippen LogP contribution in [0, 0.1) is 5.82 Å². The molecule has 0 bridgehead atoms. The van der Waals surface area contributed by atoms with Crippen LogP contribution >= 0.6 is 11.6 Å². The van der Waals surface area contributed by atoms with Crippen molar-refractivity contribution in [3.63, 3.8) is 0 Å². The summed E-state index contributed by atoms with van der Waals surface area (Å²) in [5, 5.41) is 5.85. The molecule has 8 heteroatoms. The number of hydrogen-bond acceptors (Lipinski definition) is 4. The summed E-state index contributed by atoms with van der Waals surface area (Å²) < 4.78 is 24.0. The highest BCUT2D eigenvalue weighted by Gasteiger charge is 2.21. The quantitative estimate of drug-likeness (QED) is 0.642. The van der Waals surface area contributed by atoms with Gasteiger partial charge in [-0.05, 0) is 60.7 Å². The SMILES string of the molecule is O=C(COc1ccc(F)cc1)Nc1ccc2c(c1)C(=O)Nc1cc(Cl)ccc1O2. The largest absolute Gasteiger partial charge is 0.484 e. The lowest BCUT2D eigenvalue weighted by molar-refractivity contribution is -0.118. The molecule has 29 heavy (non-hydrogen) atoms. The number of hydrogen-bond donors (Lipinski definition) is 2. The zero-order valence-electron chi connectivity index (χ0n) is 14.9. The maximum atomic E-state index is 12.9. The Kier molecular flexibility index (Phi) is 5.05. The van der Waals surface area contributed by atoms with Crippen molar-refractivity contribution in [2.45, 2.75) is 0 Å². The molecule has 1 heterocycles. The minimum absolute atomic E-state index is 0.259. The minimum Gasteiger partial charge on any atom is -0.484 e. The first-order valence-electron chi connectivity index (χ1n) is 8.59. The Bertz CT molecular complexity index is 1100. The number of amides is 2. The maximum Gasteiger partial charge on any atom is 0.262 e. The third-order valence-corrected chi connectivity index (χ3v) is 4.34. The Balaban J connectivity index is 1.46. The van der Waals surface area contributed by atoms with Crippen LogP contribution in [0.15, 0.2) is 60.7 Å². The molecule has 6 nitrogen and oxygen atoms in total. The van der Waals surface area contributed by atoms with Crippen molar-refractivity contribution >= 4 is 34.8 Å². The van der Waals surface area contributed by atoms with Gasteiger partial charge in [0.2, 0.25) is 0 Å². The second-order valence-electron chi connectivity index (χ2n) is 6.20. The topological polar surface area (TPSA) is 76.7 Å². The van der Waals surface area contributed by atoms with E-state index < -0.39 is 11.7 Å². The van der Waals surface area contributed by atoms with Crippen molar-refractivity contribution in [2.75, 3.05) is 17.2 Å². The zero-order valence-corrected chi connectivity index (χ0v) is 15.6. The summed E-state index contributed by atoms with van der Waals surface area (Å²) in [4.78, 5) is 24.7. The molecular weight excluding hydrogens is 399 g/mol. The molecule has 0 radical (unpaired) electrons. The van der Waals surface area contributed by atoms with Gasteiger partial charge in [-0.2, -0.15) is 0 Å². The summed E-state index contributed by atoms with van der Waals surface area (Å²) in [6.45, 7) is -0.268. The number of rotatable bonds is 4. The highest BCUT2D eigenvalue weighted by molar-refractivity contribution is 6.31. The number of benzene rings is 3. The molecule has 0 spiro atoms. The van der Waals surface area contributed by atoms with E-state index in [1.54, 1.807) is 30.3 Å². The molecule has 0 atom stereocenters. The number of nitrogens with one attached hydrogen (secondary N) is 2. The fraction of sp³-hybridized carbons (Fsp3) is 0.0476. The summed E-state index contributed by atoms with van der Waals surface area (Å²) in [5.41, 5.74) is 1.12. The third kappa shape index (κ3) is 4.30. The fourth-order valence-corrected chi connectivity index (χ4v) is 2.92. The van der Waals surface area contributed by atoms with Gasteiger partial charge in [0.25, 0.3) is 11.8 Å². The van der Waals surface area contributed by atoms with Crippen molar-refractivity contribution in [3.05, 3.63) is 77.1 Å². The highest BCUT2D eigenvalue weighted by Crippen LogP contribution is 2.37. The first-order chi connectivity index (χ1) is 14.0. The van der Waals surface area contributed by atoms with E-state index in [2.05, 4.69) is 10.6 Å². The van der Waals surface area contributed by atoms with Crippen molar-refractivity contribution in [3.8, 4) is 17.2 Å². The summed E-state index contributed by atoms with van der Waals surface area (Å²) in [6.07, 6.45) is 0. The summed E-state index contributed by atoms with van der Waals surface area (Å²) in [5.74, 6) is -0.0292. The standard InChI is InChI=1S/C21H14ClFN2O4/c22-12-1-7-19-17(9-12)25-21(27)16-10-14(4-8-18(16)29-19)24-20(26)11-28-15-5-2-13(23)3-6-15/h1-10H,11H2,(H,24,26)(H,25,27). The van der Waals surface area contributed by atoms with E-state index in [9.17, 15) is 14.0 Å².